The molecule has 1 aromatic heterocycles. The van der Waals surface area contributed by atoms with Crippen LogP contribution in [0.15, 0.2) is 47.2 Å². The van der Waals surface area contributed by atoms with Crippen LogP contribution in [0.4, 0.5) is 0 Å². The van der Waals surface area contributed by atoms with Gasteiger partial charge in [0.15, 0.2) is 0 Å². The van der Waals surface area contributed by atoms with Gasteiger partial charge in [-0.1, -0.05) is 30.3 Å². The smallest absolute Gasteiger partial charge is 0.106 e. The highest BCUT2D eigenvalue weighted by molar-refractivity contribution is 9.10. The van der Waals surface area contributed by atoms with E-state index in [9.17, 15) is 0 Å². The maximum absolute atomic E-state index is 4.23. The molecule has 0 saturated carbocycles. The van der Waals surface area contributed by atoms with Crippen LogP contribution in [-0.2, 0) is 0 Å². The van der Waals surface area contributed by atoms with Crippen LogP contribution in [0, 0.1) is 6.92 Å². The normalized spacial score (nSPS) is 10.1. The number of nitrogens with zero attached hydrogens (tertiary/aromatic N) is 1. The van der Waals surface area contributed by atoms with Crippen LogP contribution in [-0.4, -0.2) is 4.98 Å². The summed E-state index contributed by atoms with van der Waals surface area (Å²) in [5, 5.41) is 0. The molecule has 2 rings (SSSR count). The van der Waals surface area contributed by atoms with Crippen LogP contribution in [0.2, 0.25) is 0 Å². The van der Waals surface area contributed by atoms with Gasteiger partial charge in [-0.25, -0.2) is 4.98 Å². The number of hydrogen-bond acceptors (Lipinski definition) is 1. The summed E-state index contributed by atoms with van der Waals surface area (Å²) in [6.07, 6.45) is 1.90. The van der Waals surface area contributed by atoms with Crippen molar-refractivity contribution in [3.05, 3.63) is 52.8 Å². The highest BCUT2D eigenvalue weighted by Gasteiger charge is 2.01. The van der Waals surface area contributed by atoms with E-state index in [1.54, 1.807) is 0 Å². The number of pyridine rings is 1. The van der Waals surface area contributed by atoms with E-state index < -0.39 is 0 Å². The fourth-order valence-corrected chi connectivity index (χ4v) is 1.89. The summed E-state index contributed by atoms with van der Waals surface area (Å²) in [5.41, 5.74) is 3.64. The Balaban J connectivity index is 2.53. The van der Waals surface area contributed by atoms with E-state index in [1.165, 1.54) is 16.7 Å². The van der Waals surface area contributed by atoms with Crippen molar-refractivity contribution in [3.8, 4) is 11.1 Å². The van der Waals surface area contributed by atoms with Gasteiger partial charge < -0.3 is 0 Å². The first-order chi connectivity index (χ1) is 6.77. The van der Waals surface area contributed by atoms with Crippen molar-refractivity contribution < 1.29 is 0 Å². The Bertz CT molecular complexity index is 437. The molecule has 0 amide bonds. The van der Waals surface area contributed by atoms with E-state index in [2.05, 4.69) is 40.0 Å². The first-order valence-corrected chi connectivity index (χ1v) is 5.24. The van der Waals surface area contributed by atoms with Crippen LogP contribution < -0.4 is 0 Å². The summed E-state index contributed by atoms with van der Waals surface area (Å²) in [6.45, 7) is 2.09. The molecule has 0 bridgehead atoms. The van der Waals surface area contributed by atoms with Crippen LogP contribution in [0.25, 0.3) is 11.1 Å². The minimum atomic E-state index is 0.884. The second-order valence-corrected chi connectivity index (χ2v) is 4.00. The molecule has 0 aliphatic heterocycles. The zero-order valence-corrected chi connectivity index (χ0v) is 9.45. The Hall–Kier alpha value is -1.15. The lowest BCUT2D eigenvalue weighted by Gasteiger charge is -2.04. The van der Waals surface area contributed by atoms with Crippen LogP contribution in [0.3, 0.4) is 0 Å². The Labute approximate surface area is 91.9 Å². The molecular weight excluding hydrogens is 238 g/mol. The third-order valence-corrected chi connectivity index (χ3v) is 2.60. The fraction of sp³-hybridized carbons (Fsp3) is 0.0833. The van der Waals surface area contributed by atoms with E-state index in [0.29, 0.717) is 0 Å². The molecule has 1 aromatic carbocycles. The van der Waals surface area contributed by atoms with Crippen molar-refractivity contribution in [2.45, 2.75) is 6.92 Å². The molecule has 14 heavy (non-hydrogen) atoms. The molecule has 0 fully saturated rings. The second-order valence-electron chi connectivity index (χ2n) is 3.19. The van der Waals surface area contributed by atoms with Crippen molar-refractivity contribution >= 4 is 15.9 Å². The Morgan fingerprint density at radius 3 is 2.50 bits per heavy atom. The summed E-state index contributed by atoms with van der Waals surface area (Å²) >= 11 is 3.36. The molecule has 2 heteroatoms. The topological polar surface area (TPSA) is 12.9 Å². The van der Waals surface area contributed by atoms with Crippen molar-refractivity contribution in [3.63, 3.8) is 0 Å². The minimum absolute atomic E-state index is 0.884. The van der Waals surface area contributed by atoms with Gasteiger partial charge in [0.25, 0.3) is 0 Å². The molecule has 70 valence electrons. The lowest BCUT2D eigenvalue weighted by atomic mass is 10.0. The Morgan fingerprint density at radius 1 is 1.14 bits per heavy atom. The fourth-order valence-electron chi connectivity index (χ4n) is 1.44. The SMILES string of the molecule is Cc1cc(Br)ncc1-c1ccccc1. The standard InChI is InChI=1S/C12H10BrN/c1-9-7-12(13)14-8-11(9)10-5-3-2-4-6-10/h2-8H,1H3. The zero-order chi connectivity index (χ0) is 9.97. The first-order valence-electron chi connectivity index (χ1n) is 4.45. The third kappa shape index (κ3) is 1.85. The molecule has 0 unspecified atom stereocenters. The molecule has 1 heterocycles. The van der Waals surface area contributed by atoms with Crippen molar-refractivity contribution in [1.82, 2.24) is 4.98 Å². The van der Waals surface area contributed by atoms with Gasteiger partial charge in [0.2, 0.25) is 0 Å². The molecule has 0 aliphatic carbocycles. The van der Waals surface area contributed by atoms with Gasteiger partial charge in [0.1, 0.15) is 4.60 Å². The molecular formula is C12H10BrN. The van der Waals surface area contributed by atoms with Gasteiger partial charge >= 0.3 is 0 Å². The van der Waals surface area contributed by atoms with Gasteiger partial charge in [-0.15, -0.1) is 0 Å². The number of aryl methyl sites for hydroxylation is 1. The van der Waals surface area contributed by atoms with E-state index in [0.717, 1.165) is 4.60 Å². The zero-order valence-electron chi connectivity index (χ0n) is 7.87. The van der Waals surface area contributed by atoms with E-state index in [4.69, 9.17) is 0 Å². The van der Waals surface area contributed by atoms with Crippen LogP contribution in [0.5, 0.6) is 0 Å². The minimum Gasteiger partial charge on any atom is -0.249 e. The number of benzene rings is 1. The second kappa shape index (κ2) is 3.93. The summed E-state index contributed by atoms with van der Waals surface area (Å²) in [7, 11) is 0. The average Bonchev–Trinajstić information content (AvgIpc) is 2.19. The monoisotopic (exact) mass is 247 g/mol. The van der Waals surface area contributed by atoms with Gasteiger partial charge in [-0.3, -0.25) is 0 Å². The van der Waals surface area contributed by atoms with Crippen LogP contribution in [0.1, 0.15) is 5.56 Å². The molecule has 0 atom stereocenters. The van der Waals surface area contributed by atoms with E-state index in [1.807, 2.05) is 30.5 Å². The summed E-state index contributed by atoms with van der Waals surface area (Å²) in [4.78, 5) is 4.23. The van der Waals surface area contributed by atoms with Gasteiger partial charge in [-0.2, -0.15) is 0 Å². The van der Waals surface area contributed by atoms with Crippen molar-refractivity contribution in [1.29, 1.82) is 0 Å². The van der Waals surface area contributed by atoms with Gasteiger partial charge in [0, 0.05) is 11.8 Å². The summed E-state index contributed by atoms with van der Waals surface area (Å²) < 4.78 is 0.884. The summed E-state index contributed by atoms with van der Waals surface area (Å²) in [6, 6.07) is 12.3. The van der Waals surface area contributed by atoms with Gasteiger partial charge in [0.05, 0.1) is 0 Å². The van der Waals surface area contributed by atoms with E-state index >= 15 is 0 Å². The largest absolute Gasteiger partial charge is 0.249 e. The van der Waals surface area contributed by atoms with E-state index in [-0.39, 0.29) is 0 Å². The number of rotatable bonds is 1. The van der Waals surface area contributed by atoms with Crippen molar-refractivity contribution in [2.75, 3.05) is 0 Å². The first kappa shape index (κ1) is 9.41. The Morgan fingerprint density at radius 2 is 1.86 bits per heavy atom. The lowest BCUT2D eigenvalue weighted by molar-refractivity contribution is 1.24. The highest BCUT2D eigenvalue weighted by Crippen LogP contribution is 2.23. The quantitative estimate of drug-likeness (QED) is 0.699. The lowest BCUT2D eigenvalue weighted by Crippen LogP contribution is -1.85. The molecule has 0 spiro atoms. The molecule has 0 saturated heterocycles. The maximum atomic E-state index is 4.23. The summed E-state index contributed by atoms with van der Waals surface area (Å²) in [5.74, 6) is 0. The highest BCUT2D eigenvalue weighted by atomic mass is 79.9. The third-order valence-electron chi connectivity index (χ3n) is 2.16. The van der Waals surface area contributed by atoms with Crippen molar-refractivity contribution in [2.24, 2.45) is 0 Å². The molecule has 1 nitrogen and oxygen atoms in total. The molecule has 0 radical (unpaired) electrons. The number of halogens is 1. The maximum Gasteiger partial charge on any atom is 0.106 e. The average molecular weight is 248 g/mol. The Kier molecular flexibility index (Phi) is 2.64. The predicted molar refractivity (Wildman–Crippen MR) is 62.1 cm³/mol. The molecule has 2 aromatic rings. The molecule has 0 N–H and O–H groups in total. The van der Waals surface area contributed by atoms with Gasteiger partial charge in [-0.05, 0) is 40.0 Å². The predicted octanol–water partition coefficient (Wildman–Crippen LogP) is 3.82. The number of aromatic nitrogens is 1. The van der Waals surface area contributed by atoms with Crippen LogP contribution >= 0.6 is 15.9 Å². The number of hydrogen-bond donors (Lipinski definition) is 0. The molecule has 0 aliphatic rings.